The van der Waals surface area contributed by atoms with Gasteiger partial charge in [-0.25, -0.2) is 4.98 Å². The number of hydrogen-bond acceptors (Lipinski definition) is 3. The normalized spacial score (nSPS) is 10.8. The van der Waals surface area contributed by atoms with Gasteiger partial charge in [0.1, 0.15) is 11.4 Å². The summed E-state index contributed by atoms with van der Waals surface area (Å²) in [6.45, 7) is 0.558. The van der Waals surface area contributed by atoms with Gasteiger partial charge >= 0.3 is 0 Å². The molecule has 0 fully saturated rings. The first-order valence-electron chi connectivity index (χ1n) is 8.17. The van der Waals surface area contributed by atoms with Gasteiger partial charge in [-0.1, -0.05) is 29.8 Å². The summed E-state index contributed by atoms with van der Waals surface area (Å²) in [5, 5.41) is 3.61. The third-order valence-electron chi connectivity index (χ3n) is 3.98. The molecule has 1 N–H and O–H groups in total. The van der Waals surface area contributed by atoms with Crippen LogP contribution in [0.3, 0.4) is 0 Å². The van der Waals surface area contributed by atoms with Gasteiger partial charge in [-0.2, -0.15) is 0 Å². The molecule has 0 radical (unpaired) electrons. The number of methoxy groups -OCH3 is 1. The minimum Gasteiger partial charge on any atom is -0.496 e. The van der Waals surface area contributed by atoms with Crippen molar-refractivity contribution in [2.24, 2.45) is 0 Å². The van der Waals surface area contributed by atoms with Crippen LogP contribution in [0.25, 0.3) is 5.65 Å². The zero-order valence-corrected chi connectivity index (χ0v) is 14.8. The SMILES string of the molecule is COc1ccccc1CCC(=O)NCCc1cn2cc(Cl)ccc2n1. The number of halogens is 1. The first-order valence-corrected chi connectivity index (χ1v) is 8.55. The maximum atomic E-state index is 12.0. The third kappa shape index (κ3) is 4.51. The second kappa shape index (κ2) is 8.03. The van der Waals surface area contributed by atoms with E-state index < -0.39 is 0 Å². The Kier molecular flexibility index (Phi) is 5.56. The minimum atomic E-state index is 0.0257. The Labute approximate surface area is 151 Å². The molecule has 0 aliphatic heterocycles. The van der Waals surface area contributed by atoms with E-state index in [0.717, 1.165) is 22.7 Å². The Balaban J connectivity index is 1.47. The van der Waals surface area contributed by atoms with E-state index in [4.69, 9.17) is 16.3 Å². The van der Waals surface area contributed by atoms with Gasteiger partial charge in [-0.3, -0.25) is 4.79 Å². The maximum Gasteiger partial charge on any atom is 0.220 e. The fourth-order valence-corrected chi connectivity index (χ4v) is 2.88. The van der Waals surface area contributed by atoms with Gasteiger partial charge in [0.25, 0.3) is 0 Å². The Morgan fingerprint density at radius 3 is 2.88 bits per heavy atom. The van der Waals surface area contributed by atoms with Gasteiger partial charge in [0, 0.05) is 31.8 Å². The number of benzene rings is 1. The smallest absolute Gasteiger partial charge is 0.220 e. The molecule has 0 saturated heterocycles. The van der Waals surface area contributed by atoms with Crippen LogP contribution in [0, 0.1) is 0 Å². The van der Waals surface area contributed by atoms with Gasteiger partial charge in [-0.15, -0.1) is 0 Å². The van der Waals surface area contributed by atoms with Crippen molar-refractivity contribution in [1.82, 2.24) is 14.7 Å². The number of aromatic nitrogens is 2. The lowest BCUT2D eigenvalue weighted by Crippen LogP contribution is -2.26. The van der Waals surface area contributed by atoms with Crippen molar-refractivity contribution in [2.45, 2.75) is 19.3 Å². The lowest BCUT2D eigenvalue weighted by molar-refractivity contribution is -0.121. The number of ether oxygens (including phenoxy) is 1. The Hall–Kier alpha value is -2.53. The van der Waals surface area contributed by atoms with E-state index in [9.17, 15) is 4.79 Å². The van der Waals surface area contributed by atoms with Gasteiger partial charge in [0.05, 0.1) is 17.8 Å². The van der Waals surface area contributed by atoms with Gasteiger partial charge in [-0.05, 0) is 30.2 Å². The molecule has 0 spiro atoms. The zero-order chi connectivity index (χ0) is 17.6. The summed E-state index contributed by atoms with van der Waals surface area (Å²) < 4.78 is 7.19. The number of carbonyl (C=O) groups is 1. The molecule has 0 saturated carbocycles. The van der Waals surface area contributed by atoms with Crippen LogP contribution in [0.5, 0.6) is 5.75 Å². The van der Waals surface area contributed by atoms with Crippen LogP contribution in [-0.4, -0.2) is 28.9 Å². The highest BCUT2D eigenvalue weighted by Gasteiger charge is 2.07. The van der Waals surface area contributed by atoms with Crippen LogP contribution in [0.4, 0.5) is 0 Å². The number of hydrogen-bond donors (Lipinski definition) is 1. The first kappa shape index (κ1) is 17.3. The molecule has 6 heteroatoms. The lowest BCUT2D eigenvalue weighted by Gasteiger charge is -2.08. The number of rotatable bonds is 7. The molecule has 0 unspecified atom stereocenters. The van der Waals surface area contributed by atoms with Crippen LogP contribution in [0.15, 0.2) is 48.8 Å². The molecule has 0 bridgehead atoms. The van der Waals surface area contributed by atoms with Gasteiger partial charge < -0.3 is 14.5 Å². The largest absolute Gasteiger partial charge is 0.496 e. The van der Waals surface area contributed by atoms with Crippen molar-refractivity contribution in [3.8, 4) is 5.75 Å². The first-order chi connectivity index (χ1) is 12.2. The number of nitrogens with zero attached hydrogens (tertiary/aromatic N) is 2. The van der Waals surface area contributed by atoms with Crippen LogP contribution in [-0.2, 0) is 17.6 Å². The highest BCUT2D eigenvalue weighted by atomic mass is 35.5. The number of amides is 1. The molecule has 0 aliphatic carbocycles. The Morgan fingerprint density at radius 1 is 1.20 bits per heavy atom. The van der Waals surface area contributed by atoms with Crippen molar-refractivity contribution < 1.29 is 9.53 Å². The van der Waals surface area contributed by atoms with Crippen LogP contribution in [0.1, 0.15) is 17.7 Å². The highest BCUT2D eigenvalue weighted by molar-refractivity contribution is 6.30. The summed E-state index contributed by atoms with van der Waals surface area (Å²) in [5.41, 5.74) is 2.81. The molecule has 2 heterocycles. The minimum absolute atomic E-state index is 0.0257. The van der Waals surface area contributed by atoms with Gasteiger partial charge in [0.15, 0.2) is 0 Å². The van der Waals surface area contributed by atoms with Crippen molar-refractivity contribution in [3.63, 3.8) is 0 Å². The molecule has 1 aromatic carbocycles. The Morgan fingerprint density at radius 2 is 2.04 bits per heavy atom. The quantitative estimate of drug-likeness (QED) is 0.706. The summed E-state index contributed by atoms with van der Waals surface area (Å²) in [5.74, 6) is 0.844. The molecule has 1 amide bonds. The molecule has 3 rings (SSSR count). The number of imidazole rings is 1. The van der Waals surface area contributed by atoms with Crippen molar-refractivity contribution in [1.29, 1.82) is 0 Å². The van der Waals surface area contributed by atoms with E-state index in [1.54, 1.807) is 7.11 Å². The van der Waals surface area contributed by atoms with Crippen molar-refractivity contribution in [3.05, 3.63) is 65.1 Å². The van der Waals surface area contributed by atoms with E-state index in [1.165, 1.54) is 0 Å². The number of fused-ring (bicyclic) bond motifs is 1. The average molecular weight is 358 g/mol. The monoisotopic (exact) mass is 357 g/mol. The molecule has 130 valence electrons. The predicted octanol–water partition coefficient (Wildman–Crippen LogP) is 3.29. The Bertz CT molecular complexity index is 876. The molecule has 3 aromatic rings. The zero-order valence-electron chi connectivity index (χ0n) is 14.0. The molecule has 5 nitrogen and oxygen atoms in total. The van der Waals surface area contributed by atoms with E-state index in [1.807, 2.05) is 53.2 Å². The number of aryl methyl sites for hydroxylation is 1. The third-order valence-corrected chi connectivity index (χ3v) is 4.21. The van der Waals surface area contributed by atoms with Crippen LogP contribution in [0.2, 0.25) is 5.02 Å². The lowest BCUT2D eigenvalue weighted by atomic mass is 10.1. The summed E-state index contributed by atoms with van der Waals surface area (Å²) in [7, 11) is 1.64. The van der Waals surface area contributed by atoms with E-state index in [2.05, 4.69) is 10.3 Å². The van der Waals surface area contributed by atoms with E-state index in [0.29, 0.717) is 30.8 Å². The molecule has 2 aromatic heterocycles. The average Bonchev–Trinajstić information content (AvgIpc) is 3.02. The standard InChI is InChI=1S/C19H20ClN3O2/c1-25-17-5-3-2-4-14(17)6-9-19(24)21-11-10-16-13-23-12-15(20)7-8-18(23)22-16/h2-5,7-8,12-13H,6,9-11H2,1H3,(H,21,24). The van der Waals surface area contributed by atoms with Crippen molar-refractivity contribution >= 4 is 23.2 Å². The molecule has 0 atom stereocenters. The predicted molar refractivity (Wildman–Crippen MR) is 98.2 cm³/mol. The number of carbonyl (C=O) groups excluding carboxylic acids is 1. The summed E-state index contributed by atoms with van der Waals surface area (Å²) in [6.07, 6.45) is 5.52. The number of para-hydroxylation sites is 1. The van der Waals surface area contributed by atoms with Crippen LogP contribution < -0.4 is 10.1 Å². The van der Waals surface area contributed by atoms with Gasteiger partial charge in [0.2, 0.25) is 5.91 Å². The van der Waals surface area contributed by atoms with Crippen molar-refractivity contribution in [2.75, 3.05) is 13.7 Å². The molecular formula is C19H20ClN3O2. The van der Waals surface area contributed by atoms with Crippen LogP contribution >= 0.6 is 11.6 Å². The van der Waals surface area contributed by atoms with E-state index >= 15 is 0 Å². The topological polar surface area (TPSA) is 55.6 Å². The summed E-state index contributed by atoms with van der Waals surface area (Å²) in [6, 6.07) is 11.4. The number of nitrogens with one attached hydrogen (secondary N) is 1. The fourth-order valence-electron chi connectivity index (χ4n) is 2.71. The highest BCUT2D eigenvalue weighted by Crippen LogP contribution is 2.18. The fraction of sp³-hybridized carbons (Fsp3) is 0.263. The molecular weight excluding hydrogens is 338 g/mol. The van der Waals surface area contributed by atoms with E-state index in [-0.39, 0.29) is 5.91 Å². The second-order valence-corrected chi connectivity index (χ2v) is 6.19. The summed E-state index contributed by atoms with van der Waals surface area (Å²) in [4.78, 5) is 16.5. The molecule has 0 aliphatic rings. The number of pyridine rings is 1. The summed E-state index contributed by atoms with van der Waals surface area (Å²) >= 11 is 5.97. The maximum absolute atomic E-state index is 12.0. The molecule has 25 heavy (non-hydrogen) atoms. The second-order valence-electron chi connectivity index (χ2n) is 5.76.